The Morgan fingerprint density at radius 1 is 0.829 bits per heavy atom. The molecular weight excluding hydrogens is 508 g/mol. The molecule has 0 atom stereocenters. The van der Waals surface area contributed by atoms with Gasteiger partial charge in [-0.25, -0.2) is 9.97 Å². The van der Waals surface area contributed by atoms with E-state index in [2.05, 4.69) is 88.1 Å². The van der Waals surface area contributed by atoms with E-state index < -0.39 is 0 Å². The molecule has 0 fully saturated rings. The van der Waals surface area contributed by atoms with Gasteiger partial charge in [0, 0.05) is 34.1 Å². The van der Waals surface area contributed by atoms with Crippen molar-refractivity contribution in [2.45, 2.75) is 60.3 Å². The van der Waals surface area contributed by atoms with Crippen LogP contribution < -0.4 is 0 Å². The fourth-order valence-corrected chi connectivity index (χ4v) is 5.64. The summed E-state index contributed by atoms with van der Waals surface area (Å²) in [6.45, 7) is 18.7. The van der Waals surface area contributed by atoms with Gasteiger partial charge in [-0.3, -0.25) is 4.79 Å². The summed E-state index contributed by atoms with van der Waals surface area (Å²) in [5.41, 5.74) is 16.4. The third-order valence-electron chi connectivity index (χ3n) is 8.17. The van der Waals surface area contributed by atoms with Crippen molar-refractivity contribution in [2.75, 3.05) is 7.11 Å². The third-order valence-corrected chi connectivity index (χ3v) is 8.17. The second-order valence-corrected chi connectivity index (χ2v) is 11.1. The maximum atomic E-state index is 12.1. The largest absolute Gasteiger partial charge is 0.469 e. The van der Waals surface area contributed by atoms with Gasteiger partial charge >= 0.3 is 5.97 Å². The quantitative estimate of drug-likeness (QED) is 0.229. The average molecular weight is 547 g/mol. The first-order chi connectivity index (χ1) is 19.6. The lowest BCUT2D eigenvalue weighted by Gasteiger charge is -2.06. The van der Waals surface area contributed by atoms with E-state index in [9.17, 15) is 4.79 Å². The van der Waals surface area contributed by atoms with Crippen LogP contribution >= 0.6 is 0 Å². The number of esters is 1. The Bertz CT molecular complexity index is 1830. The van der Waals surface area contributed by atoms with E-state index in [1.54, 1.807) is 0 Å². The fourth-order valence-electron chi connectivity index (χ4n) is 5.64. The molecule has 0 amide bonds. The van der Waals surface area contributed by atoms with Crippen molar-refractivity contribution in [2.24, 2.45) is 0 Å². The molecule has 3 aromatic rings. The SMILES string of the molecule is C=Cc1c(C)c2cc3nc(cc4nc(cc5cc(C)c(cc1[nH]2)[nH]5)C(C)=C4CCC(=C)C)C(CCC(=O)OC)=C3C. The van der Waals surface area contributed by atoms with Crippen molar-refractivity contribution in [3.63, 3.8) is 0 Å². The number of hydrogen-bond donors (Lipinski definition) is 2. The highest BCUT2D eigenvalue weighted by atomic mass is 16.5. The van der Waals surface area contributed by atoms with E-state index in [0.29, 0.717) is 6.42 Å². The molecule has 5 rings (SSSR count). The summed E-state index contributed by atoms with van der Waals surface area (Å²) in [5, 5.41) is 0. The summed E-state index contributed by atoms with van der Waals surface area (Å²) in [7, 11) is 1.42. The summed E-state index contributed by atoms with van der Waals surface area (Å²) in [4.78, 5) is 29.5. The summed E-state index contributed by atoms with van der Waals surface area (Å²) in [6.07, 6.45) is 4.45. The number of fused-ring (bicyclic) bond motifs is 8. The predicted octanol–water partition coefficient (Wildman–Crippen LogP) is 8.75. The zero-order valence-electron chi connectivity index (χ0n) is 24.9. The van der Waals surface area contributed by atoms with Crippen LogP contribution in [0.5, 0.6) is 0 Å². The first-order valence-corrected chi connectivity index (χ1v) is 14.1. The Morgan fingerprint density at radius 2 is 1.46 bits per heavy atom. The molecule has 41 heavy (non-hydrogen) atoms. The van der Waals surface area contributed by atoms with E-state index in [0.717, 1.165) is 96.7 Å². The Labute approximate surface area is 241 Å². The van der Waals surface area contributed by atoms with Crippen LogP contribution in [0.3, 0.4) is 0 Å². The number of aromatic nitrogens is 4. The van der Waals surface area contributed by atoms with Crippen LogP contribution in [0.15, 0.2) is 49.1 Å². The molecule has 0 aromatic carbocycles. The molecule has 0 unspecified atom stereocenters. The first kappa shape index (κ1) is 28.1. The lowest BCUT2D eigenvalue weighted by Crippen LogP contribution is -2.00. The number of carbonyl (C=O) groups is 1. The van der Waals surface area contributed by atoms with Gasteiger partial charge in [-0.15, -0.1) is 6.58 Å². The van der Waals surface area contributed by atoms with Crippen LogP contribution in [0.2, 0.25) is 0 Å². The molecule has 210 valence electrons. The maximum Gasteiger partial charge on any atom is 0.305 e. The normalized spacial score (nSPS) is 13.1. The highest BCUT2D eigenvalue weighted by Gasteiger charge is 2.22. The molecule has 0 saturated heterocycles. The van der Waals surface area contributed by atoms with Crippen LogP contribution in [0, 0.1) is 13.8 Å². The number of H-pyrrole nitrogens is 2. The molecular formula is C35H38N4O2. The van der Waals surface area contributed by atoms with E-state index in [-0.39, 0.29) is 12.4 Å². The molecule has 2 N–H and O–H groups in total. The van der Waals surface area contributed by atoms with Crippen molar-refractivity contribution in [3.8, 4) is 0 Å². The summed E-state index contributed by atoms with van der Waals surface area (Å²) >= 11 is 0. The van der Waals surface area contributed by atoms with Crippen LogP contribution in [0.1, 0.15) is 85.9 Å². The number of nitrogens with zero attached hydrogens (tertiary/aromatic N) is 2. The highest BCUT2D eigenvalue weighted by molar-refractivity contribution is 5.96. The van der Waals surface area contributed by atoms with Gasteiger partial charge in [0.25, 0.3) is 0 Å². The second kappa shape index (κ2) is 11.2. The molecule has 0 saturated carbocycles. The van der Waals surface area contributed by atoms with Crippen molar-refractivity contribution in [1.82, 2.24) is 19.9 Å². The maximum absolute atomic E-state index is 12.1. The number of ether oxygens (including phenoxy) is 1. The molecule has 0 radical (unpaired) electrons. The van der Waals surface area contributed by atoms with Gasteiger partial charge in [0.05, 0.1) is 29.9 Å². The van der Waals surface area contributed by atoms with Crippen molar-refractivity contribution in [3.05, 3.63) is 88.5 Å². The van der Waals surface area contributed by atoms with E-state index in [1.807, 2.05) is 6.08 Å². The number of rotatable bonds is 7. The summed E-state index contributed by atoms with van der Waals surface area (Å²) < 4.78 is 4.95. The standard InChI is InChI=1S/C35H38N4O2/c1-9-25-21(5)30-17-31-23(7)27(12-13-35(40)41-8)34(39-31)18-33-26(11-10-19(2)3)22(6)29(37-33)15-24-14-20(4)28(36-24)16-32(25)38-30/h9,14-18,36,38H,1-2,10-13H2,3-8H3. The lowest BCUT2D eigenvalue weighted by atomic mass is 9.97. The minimum absolute atomic E-state index is 0.238. The Morgan fingerprint density at radius 3 is 2.07 bits per heavy atom. The number of methoxy groups -OCH3 is 1. The van der Waals surface area contributed by atoms with E-state index in [4.69, 9.17) is 14.7 Å². The molecule has 8 bridgehead atoms. The number of aryl methyl sites for hydroxylation is 2. The Hall–Kier alpha value is -4.45. The van der Waals surface area contributed by atoms with Crippen LogP contribution in [-0.4, -0.2) is 33.0 Å². The number of allylic oxidation sites excluding steroid dienone is 5. The molecule has 0 spiro atoms. The van der Waals surface area contributed by atoms with Gasteiger partial charge in [0.1, 0.15) is 0 Å². The van der Waals surface area contributed by atoms with Gasteiger partial charge in [-0.1, -0.05) is 18.2 Å². The molecule has 5 heterocycles. The number of hydrogen-bond acceptors (Lipinski definition) is 4. The van der Waals surface area contributed by atoms with E-state index >= 15 is 0 Å². The molecule has 6 nitrogen and oxygen atoms in total. The average Bonchev–Trinajstić information content (AvgIpc) is 3.61. The van der Waals surface area contributed by atoms with Gasteiger partial charge in [0.15, 0.2) is 0 Å². The summed E-state index contributed by atoms with van der Waals surface area (Å²) in [5.74, 6) is -0.238. The fraction of sp³-hybridized carbons (Fsp3) is 0.286. The number of aromatic amines is 2. The van der Waals surface area contributed by atoms with Crippen molar-refractivity contribution >= 4 is 56.4 Å². The van der Waals surface area contributed by atoms with E-state index in [1.165, 1.54) is 12.7 Å². The van der Waals surface area contributed by atoms with Crippen molar-refractivity contribution < 1.29 is 9.53 Å². The monoisotopic (exact) mass is 546 g/mol. The molecule has 2 aliphatic heterocycles. The molecule has 0 aliphatic carbocycles. The number of nitrogens with one attached hydrogen (secondary N) is 2. The Balaban J connectivity index is 1.86. The molecule has 3 aromatic heterocycles. The van der Waals surface area contributed by atoms with Gasteiger partial charge in [-0.05, 0) is 118 Å². The van der Waals surface area contributed by atoms with Gasteiger partial charge in [0.2, 0.25) is 0 Å². The predicted molar refractivity (Wildman–Crippen MR) is 171 cm³/mol. The Kier molecular flexibility index (Phi) is 7.68. The second-order valence-electron chi connectivity index (χ2n) is 11.1. The van der Waals surface area contributed by atoms with Gasteiger partial charge < -0.3 is 14.7 Å². The zero-order valence-corrected chi connectivity index (χ0v) is 24.9. The minimum atomic E-state index is -0.238. The van der Waals surface area contributed by atoms with Crippen molar-refractivity contribution in [1.29, 1.82) is 0 Å². The van der Waals surface area contributed by atoms with Crippen LogP contribution in [-0.2, 0) is 9.53 Å². The van der Waals surface area contributed by atoms with Crippen LogP contribution in [0.4, 0.5) is 0 Å². The van der Waals surface area contributed by atoms with Crippen LogP contribution in [0.25, 0.3) is 50.4 Å². The topological polar surface area (TPSA) is 83.7 Å². The third kappa shape index (κ3) is 5.47. The molecule has 6 heteroatoms. The number of carbonyl (C=O) groups excluding carboxylic acids is 1. The lowest BCUT2D eigenvalue weighted by molar-refractivity contribution is -0.140. The van der Waals surface area contributed by atoms with Gasteiger partial charge in [-0.2, -0.15) is 0 Å². The summed E-state index contributed by atoms with van der Waals surface area (Å²) in [6, 6.07) is 10.6. The highest BCUT2D eigenvalue weighted by Crippen LogP contribution is 2.38. The zero-order chi connectivity index (χ0) is 29.4. The smallest absolute Gasteiger partial charge is 0.305 e. The molecule has 2 aliphatic rings. The minimum Gasteiger partial charge on any atom is -0.469 e. The first-order valence-electron chi connectivity index (χ1n) is 14.1.